The second-order valence-electron chi connectivity index (χ2n) is 15.8. The van der Waals surface area contributed by atoms with Crippen LogP contribution in [0.15, 0.2) is 6.20 Å². The molecule has 9 nitrogen and oxygen atoms in total. The van der Waals surface area contributed by atoms with Gasteiger partial charge in [0.05, 0.1) is 0 Å². The van der Waals surface area contributed by atoms with E-state index < -0.39 is 24.0 Å². The van der Waals surface area contributed by atoms with E-state index in [0.29, 0.717) is 36.4 Å². The van der Waals surface area contributed by atoms with Crippen LogP contribution in [-0.4, -0.2) is 106 Å². The van der Waals surface area contributed by atoms with Gasteiger partial charge < -0.3 is 0 Å². The monoisotopic (exact) mass is 776 g/mol. The molecule has 3 aliphatic rings. The van der Waals surface area contributed by atoms with Gasteiger partial charge in [0.15, 0.2) is 0 Å². The number of ether oxygens (including phenoxy) is 2. The number of rotatable bonds is 15. The number of hydrogen-bond donors (Lipinski definition) is 0. The summed E-state index contributed by atoms with van der Waals surface area (Å²) in [5.41, 5.74) is -0.194. The molecule has 48 heavy (non-hydrogen) atoms. The predicted molar refractivity (Wildman–Crippen MR) is 195 cm³/mol. The first-order valence-electron chi connectivity index (χ1n) is 18.9. The fraction of sp³-hybridized carbons (Fsp3) is 0.784. The minimum atomic E-state index is -3.23. The van der Waals surface area contributed by atoms with E-state index in [-0.39, 0.29) is 29.5 Å². The van der Waals surface area contributed by atoms with E-state index >= 15 is 4.39 Å². The Morgan fingerprint density at radius 3 is 2.23 bits per heavy atom. The van der Waals surface area contributed by atoms with Crippen molar-refractivity contribution in [2.45, 2.75) is 143 Å². The summed E-state index contributed by atoms with van der Waals surface area (Å²) < 4.78 is 33.6. The minimum absolute atomic E-state index is 0.0121. The summed E-state index contributed by atoms with van der Waals surface area (Å²) in [4.78, 5) is 34.2. The summed E-state index contributed by atoms with van der Waals surface area (Å²) in [6, 6.07) is 0.230. The Kier molecular flexibility index (Phi) is 12.4. The van der Waals surface area contributed by atoms with E-state index in [1.807, 2.05) is 34.0 Å². The zero-order valence-electron chi connectivity index (χ0n) is 30.9. The molecule has 0 aromatic carbocycles. The quantitative estimate of drug-likeness (QED) is 0.171. The van der Waals surface area contributed by atoms with Crippen LogP contribution in [0, 0.1) is 5.82 Å². The maximum absolute atomic E-state index is 17.3. The van der Waals surface area contributed by atoms with Gasteiger partial charge in [-0.1, -0.05) is 0 Å². The normalized spacial score (nSPS) is 19.7. The van der Waals surface area contributed by atoms with E-state index in [1.54, 1.807) is 4.90 Å². The molecule has 0 saturated carbocycles. The number of aromatic nitrogens is 3. The van der Waals surface area contributed by atoms with Crippen molar-refractivity contribution in [1.29, 1.82) is 0 Å². The number of nitrogens with zero attached hydrogens (tertiary/aromatic N) is 6. The molecule has 268 valence electrons. The van der Waals surface area contributed by atoms with Crippen LogP contribution in [0.25, 0.3) is 10.9 Å². The fourth-order valence-electron chi connectivity index (χ4n) is 8.38. The zero-order chi connectivity index (χ0) is 34.5. The number of hydrogen-bond acceptors (Lipinski definition) is 8. The molecule has 3 saturated heterocycles. The summed E-state index contributed by atoms with van der Waals surface area (Å²) in [5.74, 6) is 0.379. The average Bonchev–Trinajstić information content (AvgIpc) is 3.80. The van der Waals surface area contributed by atoms with E-state index in [1.165, 1.54) is 12.8 Å². The molecule has 5 heterocycles. The molecule has 0 spiro atoms. The number of carbonyl (C=O) groups is 1. The van der Waals surface area contributed by atoms with Gasteiger partial charge in [0, 0.05) is 0 Å². The molecule has 2 aromatic heterocycles. The van der Waals surface area contributed by atoms with Crippen LogP contribution in [0.4, 0.5) is 15.0 Å². The van der Waals surface area contributed by atoms with Gasteiger partial charge in [-0.3, -0.25) is 0 Å². The van der Waals surface area contributed by atoms with Crippen molar-refractivity contribution in [3.8, 4) is 6.01 Å². The van der Waals surface area contributed by atoms with Crippen LogP contribution >= 0.6 is 0 Å². The standard InChI is InChI=1S/C25H34FN6O3.3C4H9.Sn/c1-24(2,3)35-23(33)31-12-7-17(15-31)30(4)21-18-13-27-14-19(26)20(18)28-22(29-21)34-16-25-8-5-10-32(25)11-6-9-25;3*1-3-4-2;/h13,17H,5-12,15-16H2,1-4H3;3*1,3-4H2,2H3;/t17-;;;;/m1..../s1. The van der Waals surface area contributed by atoms with Gasteiger partial charge >= 0.3 is 273 Å². The summed E-state index contributed by atoms with van der Waals surface area (Å²) >= 11 is -3.23. The Morgan fingerprint density at radius 1 is 1.02 bits per heavy atom. The molecule has 11 heteroatoms. The Balaban J connectivity index is 1.54. The number of halogens is 1. The number of anilines is 1. The van der Waals surface area contributed by atoms with Crippen molar-refractivity contribution < 1.29 is 18.7 Å². The first kappa shape index (κ1) is 37.3. The topological polar surface area (TPSA) is 83.9 Å². The average molecular weight is 776 g/mol. The first-order valence-corrected chi connectivity index (χ1v) is 26.4. The van der Waals surface area contributed by atoms with Gasteiger partial charge in [0.25, 0.3) is 0 Å². The summed E-state index contributed by atoms with van der Waals surface area (Å²) in [7, 11) is 1.99. The van der Waals surface area contributed by atoms with E-state index in [0.717, 1.165) is 87.9 Å². The van der Waals surface area contributed by atoms with Gasteiger partial charge in [0.1, 0.15) is 0 Å². The van der Waals surface area contributed by atoms with Crippen molar-refractivity contribution in [2.75, 3.05) is 44.7 Å². The molecule has 0 radical (unpaired) electrons. The summed E-state index contributed by atoms with van der Waals surface area (Å²) in [5, 5.41) is 0.616. The zero-order valence-corrected chi connectivity index (χ0v) is 33.7. The third kappa shape index (κ3) is 8.16. The van der Waals surface area contributed by atoms with Gasteiger partial charge in [-0.2, -0.15) is 0 Å². The molecule has 3 aliphatic heterocycles. The van der Waals surface area contributed by atoms with Crippen molar-refractivity contribution in [2.24, 2.45) is 0 Å². The molecule has 1 amide bonds. The van der Waals surface area contributed by atoms with Crippen molar-refractivity contribution in [1.82, 2.24) is 24.8 Å². The predicted octanol–water partition coefficient (Wildman–Crippen LogP) is 7.67. The Morgan fingerprint density at radius 2 is 1.65 bits per heavy atom. The second kappa shape index (κ2) is 15.9. The molecule has 0 aliphatic carbocycles. The van der Waals surface area contributed by atoms with Crippen LogP contribution in [0.3, 0.4) is 0 Å². The molecule has 0 unspecified atom stereocenters. The summed E-state index contributed by atoms with van der Waals surface area (Å²) in [6.07, 6.45) is 13.6. The SMILES string of the molecule is CCC[CH2][Sn]([CH2]CCC)([CH2]CCC)[c]1ncc2c(N(C)[C@@H]3CCN(C(=O)OC(C)(C)C)C3)nc(OCC34CCCN3CCC4)nc2c1F. The van der Waals surface area contributed by atoms with Gasteiger partial charge in [-0.05, 0) is 20.8 Å². The third-order valence-electron chi connectivity index (χ3n) is 11.2. The van der Waals surface area contributed by atoms with Crippen molar-refractivity contribution in [3.63, 3.8) is 0 Å². The second-order valence-corrected chi connectivity index (χ2v) is 28.7. The molecule has 2 aromatic rings. The van der Waals surface area contributed by atoms with Gasteiger partial charge in [0.2, 0.25) is 0 Å². The first-order chi connectivity index (χ1) is 23.0. The van der Waals surface area contributed by atoms with Gasteiger partial charge in [-0.25, -0.2) is 0 Å². The number of fused-ring (bicyclic) bond motifs is 2. The van der Waals surface area contributed by atoms with Gasteiger partial charge in [-0.15, -0.1) is 0 Å². The van der Waals surface area contributed by atoms with Crippen molar-refractivity contribution in [3.05, 3.63) is 12.0 Å². The number of pyridine rings is 1. The molecule has 0 N–H and O–H groups in total. The molecular formula is C37H61FN6O3Sn. The van der Waals surface area contributed by atoms with Crippen LogP contribution in [0.1, 0.15) is 112 Å². The number of amides is 1. The Labute approximate surface area is 292 Å². The van der Waals surface area contributed by atoms with E-state index in [9.17, 15) is 4.79 Å². The number of unbranched alkanes of at least 4 members (excludes halogenated alkanes) is 3. The summed E-state index contributed by atoms with van der Waals surface area (Å²) in [6.45, 7) is 16.2. The Hall–Kier alpha value is -1.95. The number of likely N-dealkylation sites (tertiary alicyclic amines) is 1. The Bertz CT molecular complexity index is 1370. The van der Waals surface area contributed by atoms with Crippen LogP contribution in [0.5, 0.6) is 6.01 Å². The molecule has 0 bridgehead atoms. The number of likely N-dealkylation sites (N-methyl/N-ethyl adjacent to an activating group) is 1. The fourth-order valence-corrected chi connectivity index (χ4v) is 24.0. The maximum atomic E-state index is 17.3. The van der Waals surface area contributed by atoms with Crippen molar-refractivity contribution >= 4 is 44.9 Å². The number of carbonyl (C=O) groups excluding carboxylic acids is 1. The molecule has 5 rings (SSSR count). The molecule has 1 atom stereocenters. The molecular weight excluding hydrogens is 714 g/mol. The third-order valence-corrected chi connectivity index (χ3v) is 26.2. The van der Waals surface area contributed by atoms with Crippen LogP contribution < -0.4 is 13.3 Å². The van der Waals surface area contributed by atoms with E-state index in [2.05, 4.69) is 30.6 Å². The van der Waals surface area contributed by atoms with E-state index in [4.69, 9.17) is 24.4 Å². The van der Waals surface area contributed by atoms with Crippen LogP contribution in [0.2, 0.25) is 13.3 Å². The molecule has 3 fully saturated rings. The van der Waals surface area contributed by atoms with Crippen LogP contribution in [-0.2, 0) is 4.74 Å².